The number of carboxylic acid groups (broad SMARTS) is 2. The molecule has 1 heterocycles. The molecule has 1 saturated carbocycles. The summed E-state index contributed by atoms with van der Waals surface area (Å²) in [6.45, 7) is 0.541. The molecule has 0 unspecified atom stereocenters. The molecule has 1 aliphatic rings. The molecule has 0 spiro atoms. The summed E-state index contributed by atoms with van der Waals surface area (Å²) in [5.74, 6) is -1.31. The highest BCUT2D eigenvalue weighted by atomic mass is 32.1. The molecule has 4 N–H and O–H groups in total. The van der Waals surface area contributed by atoms with Crippen molar-refractivity contribution >= 4 is 39.0 Å². The van der Waals surface area contributed by atoms with Crippen LogP contribution in [0.3, 0.4) is 0 Å². The zero-order valence-electron chi connectivity index (χ0n) is 11.0. The third kappa shape index (κ3) is 2.40. The van der Waals surface area contributed by atoms with Crippen LogP contribution in [0.5, 0.6) is 5.75 Å². The van der Waals surface area contributed by atoms with E-state index in [2.05, 4.69) is 0 Å². The van der Waals surface area contributed by atoms with Crippen LogP contribution in [-0.2, 0) is 0 Å². The van der Waals surface area contributed by atoms with Gasteiger partial charge in [0.25, 0.3) is 0 Å². The minimum absolute atomic E-state index is 0.0352. The third-order valence-electron chi connectivity index (χ3n) is 3.43. The second kappa shape index (κ2) is 4.92. The van der Waals surface area contributed by atoms with Crippen LogP contribution < -0.4 is 10.5 Å². The van der Waals surface area contributed by atoms with Gasteiger partial charge in [-0.1, -0.05) is 0 Å². The number of anilines is 1. The van der Waals surface area contributed by atoms with E-state index in [1.165, 1.54) is 6.07 Å². The van der Waals surface area contributed by atoms with Gasteiger partial charge in [0, 0.05) is 0 Å². The summed E-state index contributed by atoms with van der Waals surface area (Å²) >= 11 is 0.866. The minimum Gasteiger partial charge on any atom is -0.493 e. The number of thiophene rings is 1. The van der Waals surface area contributed by atoms with E-state index in [9.17, 15) is 14.7 Å². The lowest BCUT2D eigenvalue weighted by molar-refractivity contribution is 0.0689. The number of carbonyl (C=O) groups is 2. The fraction of sp³-hybridized carbons (Fsp3) is 0.286. The maximum absolute atomic E-state index is 11.3. The number of hydrogen-bond donors (Lipinski definition) is 3. The molecular weight excluding hydrogens is 294 g/mol. The van der Waals surface area contributed by atoms with Crippen LogP contribution in [-0.4, -0.2) is 28.8 Å². The smallest absolute Gasteiger partial charge is 0.348 e. The number of fused-ring (bicyclic) bond motifs is 1. The number of nitrogen functional groups attached to an aromatic ring is 1. The first-order chi connectivity index (χ1) is 9.99. The highest BCUT2D eigenvalue weighted by molar-refractivity contribution is 7.22. The largest absolute Gasteiger partial charge is 0.493 e. The Morgan fingerprint density at radius 2 is 2.00 bits per heavy atom. The van der Waals surface area contributed by atoms with Gasteiger partial charge in [0.1, 0.15) is 10.6 Å². The molecule has 0 radical (unpaired) electrons. The fourth-order valence-corrected chi connectivity index (χ4v) is 3.22. The molecule has 0 atom stereocenters. The predicted molar refractivity (Wildman–Crippen MR) is 78.4 cm³/mol. The van der Waals surface area contributed by atoms with Crippen LogP contribution in [0.1, 0.15) is 32.9 Å². The van der Waals surface area contributed by atoms with Crippen molar-refractivity contribution in [2.45, 2.75) is 12.8 Å². The molecule has 3 rings (SSSR count). The van der Waals surface area contributed by atoms with Crippen LogP contribution >= 0.6 is 11.3 Å². The van der Waals surface area contributed by atoms with E-state index in [0.717, 1.165) is 24.2 Å². The molecule has 0 amide bonds. The summed E-state index contributed by atoms with van der Waals surface area (Å²) < 4.78 is 6.03. The average molecular weight is 307 g/mol. The zero-order chi connectivity index (χ0) is 15.1. The summed E-state index contributed by atoms with van der Waals surface area (Å²) in [7, 11) is 0. The standard InChI is InChI=1S/C14H13NO5S/c15-10-9-8(20-5-6-1-2-6)4-3-7(13(16)17)11(9)21-12(10)14(18)19/h3-4,6H,1-2,5,15H2,(H,16,17)(H,18,19). The summed E-state index contributed by atoms with van der Waals surface area (Å²) in [4.78, 5) is 22.4. The minimum atomic E-state index is -1.17. The molecule has 7 heteroatoms. The highest BCUT2D eigenvalue weighted by Crippen LogP contribution is 2.42. The summed E-state index contributed by atoms with van der Waals surface area (Å²) in [6, 6.07) is 2.97. The Labute approximate surface area is 123 Å². The molecule has 21 heavy (non-hydrogen) atoms. The van der Waals surface area contributed by atoms with E-state index < -0.39 is 11.9 Å². The Hall–Kier alpha value is -2.28. The van der Waals surface area contributed by atoms with E-state index in [1.54, 1.807) is 6.07 Å². The highest BCUT2D eigenvalue weighted by Gasteiger charge is 2.25. The van der Waals surface area contributed by atoms with Crippen molar-refractivity contribution in [3.8, 4) is 5.75 Å². The van der Waals surface area contributed by atoms with Crippen LogP contribution in [0.2, 0.25) is 0 Å². The number of ether oxygens (including phenoxy) is 1. The van der Waals surface area contributed by atoms with Crippen LogP contribution in [0, 0.1) is 5.92 Å². The van der Waals surface area contributed by atoms with E-state index in [0.29, 0.717) is 28.4 Å². The summed E-state index contributed by atoms with van der Waals surface area (Å²) in [5.41, 5.74) is 5.99. The van der Waals surface area contributed by atoms with Crippen molar-refractivity contribution in [2.75, 3.05) is 12.3 Å². The second-order valence-electron chi connectivity index (χ2n) is 5.02. The lowest BCUT2D eigenvalue weighted by Gasteiger charge is -2.08. The summed E-state index contributed by atoms with van der Waals surface area (Å²) in [6.07, 6.45) is 2.24. The van der Waals surface area contributed by atoms with Crippen molar-refractivity contribution in [3.05, 3.63) is 22.6 Å². The maximum Gasteiger partial charge on any atom is 0.348 e. The molecule has 0 saturated heterocycles. The van der Waals surface area contributed by atoms with Crippen LogP contribution in [0.15, 0.2) is 12.1 Å². The van der Waals surface area contributed by atoms with Crippen LogP contribution in [0.4, 0.5) is 5.69 Å². The lowest BCUT2D eigenvalue weighted by Crippen LogP contribution is -2.02. The molecule has 0 aliphatic heterocycles. The number of aromatic carboxylic acids is 2. The quantitative estimate of drug-likeness (QED) is 0.783. The first kappa shape index (κ1) is 13.7. The maximum atomic E-state index is 11.3. The van der Waals surface area contributed by atoms with Gasteiger partial charge < -0.3 is 20.7 Å². The molecule has 1 aliphatic carbocycles. The normalized spacial score (nSPS) is 14.3. The van der Waals surface area contributed by atoms with Crippen molar-refractivity contribution in [3.63, 3.8) is 0 Å². The van der Waals surface area contributed by atoms with Crippen molar-refractivity contribution < 1.29 is 24.5 Å². The van der Waals surface area contributed by atoms with Gasteiger partial charge in [-0.25, -0.2) is 9.59 Å². The molecule has 110 valence electrons. The molecular formula is C14H13NO5S. The number of nitrogens with two attached hydrogens (primary N) is 1. The average Bonchev–Trinajstić information content (AvgIpc) is 3.19. The molecule has 1 fully saturated rings. The first-order valence-corrected chi connectivity index (χ1v) is 7.25. The van der Waals surface area contributed by atoms with E-state index in [-0.39, 0.29) is 16.1 Å². The van der Waals surface area contributed by atoms with E-state index >= 15 is 0 Å². The lowest BCUT2D eigenvalue weighted by atomic mass is 10.1. The van der Waals surface area contributed by atoms with Gasteiger partial charge in [-0.2, -0.15) is 0 Å². The fourth-order valence-electron chi connectivity index (χ4n) is 2.14. The number of hydrogen-bond acceptors (Lipinski definition) is 5. The number of benzene rings is 1. The Kier molecular flexibility index (Phi) is 3.21. The molecule has 2 aromatic rings. The number of carboxylic acids is 2. The Bertz CT molecular complexity index is 747. The molecule has 1 aromatic carbocycles. The van der Waals surface area contributed by atoms with Gasteiger partial charge in [0.15, 0.2) is 0 Å². The van der Waals surface area contributed by atoms with Gasteiger partial charge in [0.05, 0.1) is 27.9 Å². The molecule has 6 nitrogen and oxygen atoms in total. The SMILES string of the molecule is Nc1c(C(=O)O)sc2c(C(=O)O)ccc(OCC3CC3)c12. The Morgan fingerprint density at radius 3 is 2.57 bits per heavy atom. The number of rotatable bonds is 5. The van der Waals surface area contributed by atoms with Gasteiger partial charge in [-0.3, -0.25) is 0 Å². The van der Waals surface area contributed by atoms with E-state index in [4.69, 9.17) is 15.6 Å². The predicted octanol–water partition coefficient (Wildman–Crippen LogP) is 2.67. The third-order valence-corrected chi connectivity index (χ3v) is 4.66. The monoisotopic (exact) mass is 307 g/mol. The van der Waals surface area contributed by atoms with E-state index in [1.807, 2.05) is 0 Å². The van der Waals surface area contributed by atoms with Crippen molar-refractivity contribution in [1.29, 1.82) is 0 Å². The zero-order valence-corrected chi connectivity index (χ0v) is 11.8. The van der Waals surface area contributed by atoms with Gasteiger partial charge in [-0.05, 0) is 30.9 Å². The Morgan fingerprint density at radius 1 is 1.29 bits per heavy atom. The van der Waals surface area contributed by atoms with Crippen molar-refractivity contribution in [1.82, 2.24) is 0 Å². The van der Waals surface area contributed by atoms with Crippen LogP contribution in [0.25, 0.3) is 10.1 Å². The topological polar surface area (TPSA) is 110 Å². The molecule has 1 aromatic heterocycles. The molecule has 0 bridgehead atoms. The van der Waals surface area contributed by atoms with Crippen molar-refractivity contribution in [2.24, 2.45) is 5.92 Å². The second-order valence-corrected chi connectivity index (χ2v) is 6.05. The summed E-state index contributed by atoms with van der Waals surface area (Å²) in [5, 5.41) is 18.8. The van der Waals surface area contributed by atoms with Gasteiger partial charge >= 0.3 is 11.9 Å². The first-order valence-electron chi connectivity index (χ1n) is 6.43. The van der Waals surface area contributed by atoms with Gasteiger partial charge in [-0.15, -0.1) is 11.3 Å². The Balaban J connectivity index is 2.16. The van der Waals surface area contributed by atoms with Gasteiger partial charge in [0.2, 0.25) is 0 Å².